The first-order valence-corrected chi connectivity index (χ1v) is 12.1. The zero-order valence-corrected chi connectivity index (χ0v) is 18.5. The molecule has 1 heterocycles. The monoisotopic (exact) mass is 464 g/mol. The number of aryl methyl sites for hydroxylation is 1. The highest BCUT2D eigenvalue weighted by Crippen LogP contribution is 2.46. The zero-order chi connectivity index (χ0) is 22.9. The molecule has 1 aromatic carbocycles. The van der Waals surface area contributed by atoms with Crippen molar-refractivity contribution in [2.45, 2.75) is 36.6 Å². The number of benzene rings is 1. The molecular weight excluding hydrogens is 443 g/mol. The van der Waals surface area contributed by atoms with Crippen molar-refractivity contribution in [2.24, 2.45) is 5.92 Å². The number of fused-ring (bicyclic) bond motifs is 1. The van der Waals surface area contributed by atoms with Crippen LogP contribution >= 0.6 is 11.3 Å². The predicted molar refractivity (Wildman–Crippen MR) is 115 cm³/mol. The number of alkyl halides is 1. The maximum Gasteiger partial charge on any atom is 0.264 e. The van der Waals surface area contributed by atoms with Gasteiger partial charge in [0.05, 0.1) is 27.7 Å². The Hall–Kier alpha value is -2.50. The third-order valence-electron chi connectivity index (χ3n) is 5.44. The molecule has 7 nitrogen and oxygen atoms in total. The lowest BCUT2D eigenvalue weighted by Crippen LogP contribution is -2.49. The van der Waals surface area contributed by atoms with Gasteiger partial charge in [-0.3, -0.25) is 10.0 Å². The fraction of sp³-hybridized carbons (Fsp3) is 0.429. The Labute approximate surface area is 183 Å². The summed E-state index contributed by atoms with van der Waals surface area (Å²) in [5.74, 6) is 9.43. The maximum atomic E-state index is 13.6. The molecule has 0 bridgehead atoms. The van der Waals surface area contributed by atoms with Gasteiger partial charge in [0.2, 0.25) is 0 Å². The van der Waals surface area contributed by atoms with Crippen LogP contribution in [0.15, 0.2) is 18.2 Å². The number of hydrogen-bond acceptors (Lipinski definition) is 7. The average molecular weight is 465 g/mol. The number of amides is 1. The molecule has 3 rings (SSSR count). The molecule has 3 atom stereocenters. The lowest BCUT2D eigenvalue weighted by Gasteiger charge is -2.24. The molecule has 1 fully saturated rings. The van der Waals surface area contributed by atoms with E-state index in [1.54, 1.807) is 12.1 Å². The van der Waals surface area contributed by atoms with Gasteiger partial charge in [-0.1, -0.05) is 11.8 Å². The number of carbonyl (C=O) groups excluding carboxylic acids is 1. The van der Waals surface area contributed by atoms with E-state index in [1.807, 2.05) is 6.07 Å². The van der Waals surface area contributed by atoms with Crippen molar-refractivity contribution >= 4 is 37.3 Å². The number of aliphatic hydroxyl groups excluding tert-OH is 1. The van der Waals surface area contributed by atoms with Gasteiger partial charge in [-0.25, -0.2) is 23.3 Å². The van der Waals surface area contributed by atoms with Gasteiger partial charge in [0.15, 0.2) is 9.84 Å². The van der Waals surface area contributed by atoms with Crippen LogP contribution in [-0.2, 0) is 21.1 Å². The van der Waals surface area contributed by atoms with E-state index in [9.17, 15) is 17.6 Å². The van der Waals surface area contributed by atoms with E-state index in [-0.39, 0.29) is 19.3 Å². The van der Waals surface area contributed by atoms with Crippen molar-refractivity contribution in [1.29, 1.82) is 0 Å². The van der Waals surface area contributed by atoms with Gasteiger partial charge < -0.3 is 5.11 Å². The van der Waals surface area contributed by atoms with Crippen LogP contribution < -0.4 is 5.48 Å². The molecule has 1 saturated carbocycles. The number of halogens is 1. The van der Waals surface area contributed by atoms with Gasteiger partial charge in [0, 0.05) is 24.7 Å². The molecule has 1 amide bonds. The van der Waals surface area contributed by atoms with Crippen molar-refractivity contribution in [3.05, 3.63) is 28.8 Å². The molecule has 1 aliphatic carbocycles. The first kappa shape index (κ1) is 23.2. The second-order valence-electron chi connectivity index (χ2n) is 7.70. The van der Waals surface area contributed by atoms with Crippen molar-refractivity contribution in [2.75, 3.05) is 12.9 Å². The summed E-state index contributed by atoms with van der Waals surface area (Å²) in [5, 5.41) is 18.4. The van der Waals surface area contributed by atoms with E-state index in [2.05, 4.69) is 28.7 Å². The topological polar surface area (TPSA) is 117 Å². The molecule has 1 aromatic heterocycles. The summed E-state index contributed by atoms with van der Waals surface area (Å²) in [6, 6.07) is 5.37. The summed E-state index contributed by atoms with van der Waals surface area (Å²) in [6.07, 6.45) is 1.38. The number of hydroxylamine groups is 1. The fourth-order valence-corrected chi connectivity index (χ4v) is 4.81. The van der Waals surface area contributed by atoms with E-state index < -0.39 is 38.7 Å². The van der Waals surface area contributed by atoms with Gasteiger partial charge in [0.25, 0.3) is 5.91 Å². The Balaban J connectivity index is 1.72. The number of nitrogens with zero attached hydrogens (tertiary/aromatic N) is 1. The van der Waals surface area contributed by atoms with Crippen molar-refractivity contribution in [3.8, 4) is 23.7 Å². The average Bonchev–Trinajstić information content (AvgIpc) is 3.20. The molecule has 164 valence electrons. The molecule has 2 unspecified atom stereocenters. The number of hydrogen-bond donors (Lipinski definition) is 3. The third-order valence-corrected chi connectivity index (χ3v) is 8.54. The molecule has 2 aromatic rings. The summed E-state index contributed by atoms with van der Waals surface area (Å²) in [4.78, 5) is 16.4. The second-order valence-corrected chi connectivity index (χ2v) is 11.3. The minimum Gasteiger partial charge on any atom is -0.393 e. The molecule has 10 heteroatoms. The highest BCUT2D eigenvalue weighted by Gasteiger charge is 2.54. The minimum atomic E-state index is -3.77. The Morgan fingerprint density at radius 3 is 2.81 bits per heavy atom. The van der Waals surface area contributed by atoms with E-state index in [4.69, 9.17) is 10.3 Å². The number of carbonyl (C=O) groups is 1. The number of rotatable bonds is 6. The van der Waals surface area contributed by atoms with Gasteiger partial charge in [-0.2, -0.15) is 0 Å². The zero-order valence-electron chi connectivity index (χ0n) is 16.9. The SMILES string of the molecule is CC(CCc1nc2ccc(C#CC#CC3C[C@]3(F)CO)cc2s1)(C(=O)NO)S(C)(=O)=O. The van der Waals surface area contributed by atoms with Crippen molar-refractivity contribution < 1.29 is 27.9 Å². The van der Waals surface area contributed by atoms with E-state index >= 15 is 0 Å². The Bertz CT molecular complexity index is 1250. The lowest BCUT2D eigenvalue weighted by molar-refractivity contribution is -0.131. The fourth-order valence-electron chi connectivity index (χ4n) is 2.95. The van der Waals surface area contributed by atoms with Crippen LogP contribution in [0.3, 0.4) is 0 Å². The van der Waals surface area contributed by atoms with Crippen LogP contribution in [0.4, 0.5) is 4.39 Å². The van der Waals surface area contributed by atoms with Crippen LogP contribution in [0.25, 0.3) is 10.2 Å². The van der Waals surface area contributed by atoms with Crippen LogP contribution in [-0.4, -0.2) is 52.9 Å². The first-order chi connectivity index (χ1) is 14.5. The lowest BCUT2D eigenvalue weighted by atomic mass is 10.0. The Morgan fingerprint density at radius 2 is 2.19 bits per heavy atom. The van der Waals surface area contributed by atoms with Crippen LogP contribution in [0.1, 0.15) is 30.3 Å². The van der Waals surface area contributed by atoms with E-state index in [0.29, 0.717) is 16.1 Å². The predicted octanol–water partition coefficient (Wildman–Crippen LogP) is 1.61. The van der Waals surface area contributed by atoms with Gasteiger partial charge >= 0.3 is 0 Å². The highest BCUT2D eigenvalue weighted by molar-refractivity contribution is 7.92. The summed E-state index contributed by atoms with van der Waals surface area (Å²) >= 11 is 1.36. The first-order valence-electron chi connectivity index (χ1n) is 9.37. The molecule has 31 heavy (non-hydrogen) atoms. The smallest absolute Gasteiger partial charge is 0.264 e. The third kappa shape index (κ3) is 4.89. The summed E-state index contributed by atoms with van der Waals surface area (Å²) in [7, 11) is -3.77. The molecule has 1 aliphatic rings. The standard InChI is InChI=1S/C21H21FN2O5S2/c1-20(19(26)24-27,31(2,28)29)10-9-18-23-16-8-7-14(11-17(16)30-18)5-3-4-6-15-12-21(15,22)13-25/h7-8,11,15,25,27H,9-10,12-13H2,1-2H3,(H,24,26)/t15?,20?,21-/m0/s1. The van der Waals surface area contributed by atoms with Crippen LogP contribution in [0, 0.1) is 29.6 Å². The van der Waals surface area contributed by atoms with Crippen molar-refractivity contribution in [3.63, 3.8) is 0 Å². The highest BCUT2D eigenvalue weighted by atomic mass is 32.2. The Morgan fingerprint density at radius 1 is 1.45 bits per heavy atom. The van der Waals surface area contributed by atoms with Crippen molar-refractivity contribution in [1.82, 2.24) is 10.5 Å². The maximum absolute atomic E-state index is 13.6. The molecule has 0 radical (unpaired) electrons. The number of nitrogens with one attached hydrogen (secondary N) is 1. The number of thiazole rings is 1. The van der Waals surface area contributed by atoms with Crippen LogP contribution in [0.2, 0.25) is 0 Å². The normalized spacial score (nSPS) is 21.9. The molecule has 0 aliphatic heterocycles. The van der Waals surface area contributed by atoms with E-state index in [0.717, 1.165) is 11.0 Å². The second kappa shape index (κ2) is 8.56. The molecule has 3 N–H and O–H groups in total. The largest absolute Gasteiger partial charge is 0.393 e. The van der Waals surface area contributed by atoms with Gasteiger partial charge in [0.1, 0.15) is 10.4 Å². The number of aliphatic hydroxyl groups is 1. The number of aromatic nitrogens is 1. The quantitative estimate of drug-likeness (QED) is 0.340. The Kier molecular flexibility index (Phi) is 6.40. The van der Waals surface area contributed by atoms with E-state index in [1.165, 1.54) is 23.7 Å². The van der Waals surface area contributed by atoms with Crippen LogP contribution in [0.5, 0.6) is 0 Å². The molecular formula is C21H21FN2O5S2. The summed E-state index contributed by atoms with van der Waals surface area (Å²) in [5.41, 5.74) is 1.26. The summed E-state index contributed by atoms with van der Waals surface area (Å²) in [6.45, 7) is 0.739. The van der Waals surface area contributed by atoms with Gasteiger partial charge in [-0.05, 0) is 43.4 Å². The van der Waals surface area contributed by atoms with Gasteiger partial charge in [-0.15, -0.1) is 11.3 Å². The molecule has 0 saturated heterocycles. The minimum absolute atomic E-state index is 0.0363. The molecule has 0 spiro atoms. The number of sulfone groups is 1. The summed E-state index contributed by atoms with van der Waals surface area (Å²) < 4.78 is 36.8.